The molecule has 0 bridgehead atoms. The summed E-state index contributed by atoms with van der Waals surface area (Å²) in [5, 5.41) is 11.7. The Labute approximate surface area is 119 Å². The van der Waals surface area contributed by atoms with Crippen molar-refractivity contribution >= 4 is 22.7 Å². The lowest BCUT2D eigenvalue weighted by atomic mass is 10.2. The van der Waals surface area contributed by atoms with Gasteiger partial charge in [0.15, 0.2) is 5.76 Å². The Kier molecular flexibility index (Phi) is 3.77. The Morgan fingerprint density at radius 1 is 1.21 bits per heavy atom. The molecule has 3 aromatic heterocycles. The fraction of sp³-hybridized carbons (Fsp3) is 0.214. The zero-order chi connectivity index (χ0) is 13.1. The number of hydrogen-bond acceptors (Lipinski definition) is 5. The number of nitrogens with one attached hydrogen (secondary N) is 1. The lowest BCUT2D eigenvalue weighted by molar-refractivity contribution is 0.366. The molecule has 0 spiro atoms. The Bertz CT molecular complexity index is 579. The molecule has 5 heteroatoms. The first kappa shape index (κ1) is 12.6. The summed E-state index contributed by atoms with van der Waals surface area (Å²) >= 11 is 3.54. The highest BCUT2D eigenvalue weighted by atomic mass is 32.1. The molecular formula is C14H14N2OS2. The van der Waals surface area contributed by atoms with Crippen LogP contribution < -0.4 is 5.32 Å². The second kappa shape index (κ2) is 5.69. The number of rotatable bonds is 5. The Morgan fingerprint density at radius 2 is 1.89 bits per heavy atom. The van der Waals surface area contributed by atoms with Crippen LogP contribution in [0.4, 0.5) is 0 Å². The zero-order valence-electron chi connectivity index (χ0n) is 10.5. The summed E-state index contributed by atoms with van der Waals surface area (Å²) in [4.78, 5) is 2.64. The molecule has 1 N–H and O–H groups in total. The van der Waals surface area contributed by atoms with Crippen molar-refractivity contribution in [2.45, 2.75) is 19.5 Å². The lowest BCUT2D eigenvalue weighted by Gasteiger charge is -2.14. The fourth-order valence-corrected chi connectivity index (χ4v) is 3.66. The molecule has 3 heterocycles. The van der Waals surface area contributed by atoms with Gasteiger partial charge in [-0.1, -0.05) is 17.3 Å². The number of thiophene rings is 2. The third-order valence-corrected chi connectivity index (χ3v) is 4.69. The van der Waals surface area contributed by atoms with Gasteiger partial charge < -0.3 is 4.52 Å². The molecule has 0 saturated carbocycles. The Hall–Kier alpha value is -1.43. The van der Waals surface area contributed by atoms with Crippen molar-refractivity contribution in [2.75, 3.05) is 0 Å². The van der Waals surface area contributed by atoms with Crippen LogP contribution in [0.3, 0.4) is 0 Å². The Morgan fingerprint density at radius 3 is 2.37 bits per heavy atom. The van der Waals surface area contributed by atoms with E-state index in [0.29, 0.717) is 6.54 Å². The van der Waals surface area contributed by atoms with E-state index >= 15 is 0 Å². The van der Waals surface area contributed by atoms with E-state index in [1.165, 1.54) is 9.75 Å². The van der Waals surface area contributed by atoms with Gasteiger partial charge in [0.05, 0.1) is 18.3 Å². The minimum absolute atomic E-state index is 0.227. The predicted molar refractivity (Wildman–Crippen MR) is 78.6 cm³/mol. The van der Waals surface area contributed by atoms with Crippen molar-refractivity contribution in [1.82, 2.24) is 10.5 Å². The highest BCUT2D eigenvalue weighted by Gasteiger charge is 2.16. The Balaban J connectivity index is 1.77. The molecule has 3 rings (SSSR count). The van der Waals surface area contributed by atoms with E-state index in [9.17, 15) is 0 Å². The SMILES string of the molecule is Cc1cc(CNC(c2cccs2)c2cccs2)on1. The van der Waals surface area contributed by atoms with Crippen LogP contribution in [0.1, 0.15) is 27.3 Å². The van der Waals surface area contributed by atoms with Crippen LogP contribution >= 0.6 is 22.7 Å². The summed E-state index contributed by atoms with van der Waals surface area (Å²) in [6, 6.07) is 10.7. The average molecular weight is 290 g/mol. The molecule has 0 fully saturated rings. The van der Waals surface area contributed by atoms with E-state index in [1.54, 1.807) is 22.7 Å². The quantitative estimate of drug-likeness (QED) is 0.772. The van der Waals surface area contributed by atoms with Gasteiger partial charge in [-0.15, -0.1) is 22.7 Å². The first-order chi connectivity index (χ1) is 9.33. The molecule has 0 radical (unpaired) electrons. The maximum Gasteiger partial charge on any atom is 0.150 e. The number of hydrogen-bond donors (Lipinski definition) is 1. The molecule has 3 aromatic rings. The molecule has 0 aliphatic carbocycles. The molecule has 3 nitrogen and oxygen atoms in total. The smallest absolute Gasteiger partial charge is 0.150 e. The largest absolute Gasteiger partial charge is 0.360 e. The van der Waals surface area contributed by atoms with E-state index in [2.05, 4.69) is 45.5 Å². The summed E-state index contributed by atoms with van der Waals surface area (Å²) in [7, 11) is 0. The molecule has 19 heavy (non-hydrogen) atoms. The van der Waals surface area contributed by atoms with Crippen LogP contribution in [0.2, 0.25) is 0 Å². The summed E-state index contributed by atoms with van der Waals surface area (Å²) in [6.07, 6.45) is 0. The molecule has 0 atom stereocenters. The molecular weight excluding hydrogens is 276 g/mol. The van der Waals surface area contributed by atoms with Crippen molar-refractivity contribution in [2.24, 2.45) is 0 Å². The molecule has 98 valence electrons. The molecule has 0 saturated heterocycles. The second-order valence-electron chi connectivity index (χ2n) is 4.28. The number of nitrogens with zero attached hydrogens (tertiary/aromatic N) is 1. The van der Waals surface area contributed by atoms with Crippen molar-refractivity contribution in [3.63, 3.8) is 0 Å². The first-order valence-corrected chi connectivity index (χ1v) is 7.81. The summed E-state index contributed by atoms with van der Waals surface area (Å²) < 4.78 is 5.24. The van der Waals surface area contributed by atoms with Gasteiger partial charge in [-0.25, -0.2) is 0 Å². The van der Waals surface area contributed by atoms with E-state index in [-0.39, 0.29) is 6.04 Å². The summed E-state index contributed by atoms with van der Waals surface area (Å²) in [5.74, 6) is 0.871. The van der Waals surface area contributed by atoms with Crippen LogP contribution in [-0.4, -0.2) is 5.16 Å². The third kappa shape index (κ3) is 2.94. The zero-order valence-corrected chi connectivity index (χ0v) is 12.1. The minimum atomic E-state index is 0.227. The number of aryl methyl sites for hydroxylation is 1. The normalized spacial score (nSPS) is 11.3. The summed E-state index contributed by atoms with van der Waals surface area (Å²) in [6.45, 7) is 2.62. The van der Waals surface area contributed by atoms with Gasteiger partial charge in [-0.05, 0) is 29.8 Å². The van der Waals surface area contributed by atoms with Crippen molar-refractivity contribution in [1.29, 1.82) is 0 Å². The van der Waals surface area contributed by atoms with E-state index in [1.807, 2.05) is 13.0 Å². The monoisotopic (exact) mass is 290 g/mol. The molecule has 0 aromatic carbocycles. The van der Waals surface area contributed by atoms with Gasteiger partial charge in [0.25, 0.3) is 0 Å². The van der Waals surface area contributed by atoms with Gasteiger partial charge in [0.2, 0.25) is 0 Å². The minimum Gasteiger partial charge on any atom is -0.360 e. The fourth-order valence-electron chi connectivity index (χ4n) is 1.95. The molecule has 0 unspecified atom stereocenters. The average Bonchev–Trinajstić information content (AvgIpc) is 3.11. The van der Waals surface area contributed by atoms with Gasteiger partial charge in [0, 0.05) is 15.8 Å². The van der Waals surface area contributed by atoms with Crippen molar-refractivity contribution in [3.05, 3.63) is 62.3 Å². The van der Waals surface area contributed by atoms with Crippen LogP contribution in [-0.2, 0) is 6.54 Å². The third-order valence-electron chi connectivity index (χ3n) is 2.81. The van der Waals surface area contributed by atoms with E-state index < -0.39 is 0 Å². The lowest BCUT2D eigenvalue weighted by Crippen LogP contribution is -2.20. The highest BCUT2D eigenvalue weighted by Crippen LogP contribution is 2.29. The maximum atomic E-state index is 5.24. The number of aromatic nitrogens is 1. The molecule has 0 amide bonds. The van der Waals surface area contributed by atoms with Crippen LogP contribution in [0.15, 0.2) is 45.6 Å². The second-order valence-corrected chi connectivity index (χ2v) is 6.24. The highest BCUT2D eigenvalue weighted by molar-refractivity contribution is 7.11. The van der Waals surface area contributed by atoms with Crippen LogP contribution in [0.5, 0.6) is 0 Å². The molecule has 0 aliphatic heterocycles. The maximum absolute atomic E-state index is 5.24. The van der Waals surface area contributed by atoms with E-state index in [0.717, 1.165) is 11.5 Å². The van der Waals surface area contributed by atoms with Gasteiger partial charge in [-0.3, -0.25) is 5.32 Å². The predicted octanol–water partition coefficient (Wildman–Crippen LogP) is 3.99. The molecule has 0 aliphatic rings. The van der Waals surface area contributed by atoms with Gasteiger partial charge in [0.1, 0.15) is 0 Å². The van der Waals surface area contributed by atoms with Gasteiger partial charge >= 0.3 is 0 Å². The van der Waals surface area contributed by atoms with Crippen LogP contribution in [0, 0.1) is 6.92 Å². The summed E-state index contributed by atoms with van der Waals surface area (Å²) in [5.41, 5.74) is 0.917. The van der Waals surface area contributed by atoms with E-state index in [4.69, 9.17) is 4.52 Å². The van der Waals surface area contributed by atoms with Crippen molar-refractivity contribution < 1.29 is 4.52 Å². The standard InChI is InChI=1S/C14H14N2OS2/c1-10-8-11(17-16-10)9-15-14(12-4-2-6-18-12)13-5-3-7-19-13/h2-8,14-15H,9H2,1H3. The first-order valence-electron chi connectivity index (χ1n) is 6.05. The van der Waals surface area contributed by atoms with Crippen molar-refractivity contribution in [3.8, 4) is 0 Å². The van der Waals surface area contributed by atoms with Crippen LogP contribution in [0.25, 0.3) is 0 Å². The topological polar surface area (TPSA) is 38.1 Å². The van der Waals surface area contributed by atoms with Gasteiger partial charge in [-0.2, -0.15) is 0 Å².